The molecule has 0 amide bonds. The van der Waals surface area contributed by atoms with Gasteiger partial charge in [-0.25, -0.2) is 0 Å². The van der Waals surface area contributed by atoms with Crippen molar-refractivity contribution in [1.82, 2.24) is 0 Å². The molecule has 28 heavy (non-hydrogen) atoms. The van der Waals surface area contributed by atoms with Crippen LogP contribution in [0.25, 0.3) is 11.1 Å². The van der Waals surface area contributed by atoms with Gasteiger partial charge in [0.2, 0.25) is 0 Å². The Morgan fingerprint density at radius 2 is 1.25 bits per heavy atom. The van der Waals surface area contributed by atoms with E-state index in [2.05, 4.69) is 24.3 Å². The van der Waals surface area contributed by atoms with E-state index in [-0.39, 0.29) is 0 Å². The molecule has 2 nitrogen and oxygen atoms in total. The van der Waals surface area contributed by atoms with Crippen LogP contribution in [-0.2, 0) is 6.61 Å². The van der Waals surface area contributed by atoms with E-state index in [4.69, 9.17) is 21.1 Å². The summed E-state index contributed by atoms with van der Waals surface area (Å²) in [6.45, 7) is 0.479. The van der Waals surface area contributed by atoms with Gasteiger partial charge in [-0.3, -0.25) is 0 Å². The Morgan fingerprint density at radius 3 is 2.00 bits per heavy atom. The molecule has 0 aliphatic heterocycles. The van der Waals surface area contributed by atoms with E-state index in [1.807, 2.05) is 78.9 Å². The van der Waals surface area contributed by atoms with E-state index in [0.717, 1.165) is 33.4 Å². The Hall–Kier alpha value is -3.23. The number of ether oxygens (including phenoxy) is 2. The SMILES string of the molecule is Clc1ccc(COc2cccc(Oc3ccc(-c4ccccc4)cc3)c2)cc1. The second-order valence-electron chi connectivity index (χ2n) is 6.38. The molecule has 0 aliphatic rings. The summed E-state index contributed by atoms with van der Waals surface area (Å²) in [5.74, 6) is 2.28. The highest BCUT2D eigenvalue weighted by atomic mass is 35.5. The van der Waals surface area contributed by atoms with Gasteiger partial charge in [0.15, 0.2) is 0 Å². The lowest BCUT2D eigenvalue weighted by atomic mass is 10.1. The van der Waals surface area contributed by atoms with Gasteiger partial charge in [-0.15, -0.1) is 0 Å². The number of hydrogen-bond acceptors (Lipinski definition) is 2. The summed E-state index contributed by atoms with van der Waals surface area (Å²) in [4.78, 5) is 0. The van der Waals surface area contributed by atoms with Crippen molar-refractivity contribution in [3.63, 3.8) is 0 Å². The first-order valence-electron chi connectivity index (χ1n) is 9.07. The molecule has 0 radical (unpaired) electrons. The maximum absolute atomic E-state index is 5.98. The quantitative estimate of drug-likeness (QED) is 0.344. The summed E-state index contributed by atoms with van der Waals surface area (Å²) in [5, 5.41) is 0.720. The van der Waals surface area contributed by atoms with Crippen molar-refractivity contribution >= 4 is 11.6 Å². The summed E-state index contributed by atoms with van der Waals surface area (Å²) in [5.41, 5.74) is 3.41. The maximum Gasteiger partial charge on any atom is 0.131 e. The van der Waals surface area contributed by atoms with Gasteiger partial charge in [0.25, 0.3) is 0 Å². The predicted molar refractivity (Wildman–Crippen MR) is 114 cm³/mol. The van der Waals surface area contributed by atoms with Gasteiger partial charge in [0, 0.05) is 11.1 Å². The molecule has 0 heterocycles. The molecule has 0 fully saturated rings. The standard InChI is InChI=1S/C25H19ClO2/c26-22-13-9-19(10-14-22)18-27-24-7-4-8-25(17-24)28-23-15-11-21(12-16-23)20-5-2-1-3-6-20/h1-17H,18H2. The Morgan fingerprint density at radius 1 is 0.571 bits per heavy atom. The average molecular weight is 387 g/mol. The molecule has 0 spiro atoms. The molecule has 0 unspecified atom stereocenters. The normalized spacial score (nSPS) is 10.5. The van der Waals surface area contributed by atoms with Crippen LogP contribution in [0.15, 0.2) is 103 Å². The molecule has 138 valence electrons. The van der Waals surface area contributed by atoms with Crippen molar-refractivity contribution in [1.29, 1.82) is 0 Å². The molecule has 0 saturated carbocycles. The van der Waals surface area contributed by atoms with E-state index in [1.54, 1.807) is 0 Å². The Kier molecular flexibility index (Phi) is 5.60. The molecule has 0 bridgehead atoms. The van der Waals surface area contributed by atoms with Crippen LogP contribution in [0.1, 0.15) is 5.56 Å². The van der Waals surface area contributed by atoms with Crippen molar-refractivity contribution in [3.05, 3.63) is 114 Å². The Balaban J connectivity index is 1.41. The summed E-state index contributed by atoms with van der Waals surface area (Å²) < 4.78 is 11.8. The number of hydrogen-bond donors (Lipinski definition) is 0. The van der Waals surface area contributed by atoms with Gasteiger partial charge in [0.1, 0.15) is 23.9 Å². The molecular formula is C25H19ClO2. The predicted octanol–water partition coefficient (Wildman–Crippen LogP) is 7.38. The van der Waals surface area contributed by atoms with E-state index >= 15 is 0 Å². The first kappa shape index (κ1) is 18.1. The first-order valence-corrected chi connectivity index (χ1v) is 9.45. The fraction of sp³-hybridized carbons (Fsp3) is 0.0400. The molecule has 0 aliphatic carbocycles. The lowest BCUT2D eigenvalue weighted by molar-refractivity contribution is 0.304. The first-order chi connectivity index (χ1) is 13.8. The largest absolute Gasteiger partial charge is 0.489 e. The van der Waals surface area contributed by atoms with Gasteiger partial charge in [-0.05, 0) is 53.1 Å². The van der Waals surface area contributed by atoms with Gasteiger partial charge in [0.05, 0.1) is 0 Å². The van der Waals surface area contributed by atoms with Crippen LogP contribution < -0.4 is 9.47 Å². The van der Waals surface area contributed by atoms with Crippen molar-refractivity contribution in [2.75, 3.05) is 0 Å². The lowest BCUT2D eigenvalue weighted by Crippen LogP contribution is -1.95. The fourth-order valence-electron chi connectivity index (χ4n) is 2.86. The molecule has 0 N–H and O–H groups in total. The minimum Gasteiger partial charge on any atom is -0.489 e. The van der Waals surface area contributed by atoms with Crippen molar-refractivity contribution < 1.29 is 9.47 Å². The molecule has 4 aromatic rings. The van der Waals surface area contributed by atoms with Crippen molar-refractivity contribution in [2.24, 2.45) is 0 Å². The molecule has 4 rings (SSSR count). The minimum absolute atomic E-state index is 0.479. The van der Waals surface area contributed by atoms with Crippen LogP contribution in [0.2, 0.25) is 5.02 Å². The molecule has 0 saturated heterocycles. The zero-order chi connectivity index (χ0) is 19.2. The maximum atomic E-state index is 5.98. The zero-order valence-electron chi connectivity index (χ0n) is 15.2. The molecular weight excluding hydrogens is 368 g/mol. The van der Waals surface area contributed by atoms with Crippen LogP contribution in [0.3, 0.4) is 0 Å². The van der Waals surface area contributed by atoms with Gasteiger partial charge >= 0.3 is 0 Å². The fourth-order valence-corrected chi connectivity index (χ4v) is 2.98. The Bertz CT molecular complexity index is 1030. The van der Waals surface area contributed by atoms with Gasteiger partial charge in [-0.1, -0.05) is 72.3 Å². The molecule has 4 aromatic carbocycles. The summed E-state index contributed by atoms with van der Waals surface area (Å²) in [6, 6.07) is 33.6. The third kappa shape index (κ3) is 4.73. The van der Waals surface area contributed by atoms with Crippen LogP contribution in [0.4, 0.5) is 0 Å². The van der Waals surface area contributed by atoms with Crippen LogP contribution in [0.5, 0.6) is 17.2 Å². The lowest BCUT2D eigenvalue weighted by Gasteiger charge is -2.10. The van der Waals surface area contributed by atoms with Crippen LogP contribution >= 0.6 is 11.6 Å². The topological polar surface area (TPSA) is 18.5 Å². The van der Waals surface area contributed by atoms with Crippen LogP contribution in [-0.4, -0.2) is 0 Å². The van der Waals surface area contributed by atoms with E-state index < -0.39 is 0 Å². The van der Waals surface area contributed by atoms with Gasteiger partial charge in [-0.2, -0.15) is 0 Å². The highest BCUT2D eigenvalue weighted by Crippen LogP contribution is 2.28. The third-order valence-corrected chi connectivity index (χ3v) is 4.57. The Labute approximate surface area is 169 Å². The highest BCUT2D eigenvalue weighted by Gasteiger charge is 2.03. The number of rotatable bonds is 6. The molecule has 3 heteroatoms. The van der Waals surface area contributed by atoms with Crippen LogP contribution in [0, 0.1) is 0 Å². The van der Waals surface area contributed by atoms with Gasteiger partial charge < -0.3 is 9.47 Å². The minimum atomic E-state index is 0.479. The van der Waals surface area contributed by atoms with Crippen molar-refractivity contribution in [3.8, 4) is 28.4 Å². The molecule has 0 atom stereocenters. The van der Waals surface area contributed by atoms with Crippen molar-refractivity contribution in [2.45, 2.75) is 6.61 Å². The summed E-state index contributed by atoms with van der Waals surface area (Å²) >= 11 is 5.91. The monoisotopic (exact) mass is 386 g/mol. The summed E-state index contributed by atoms with van der Waals surface area (Å²) in [7, 11) is 0. The number of halogens is 1. The third-order valence-electron chi connectivity index (χ3n) is 4.32. The second-order valence-corrected chi connectivity index (χ2v) is 6.82. The average Bonchev–Trinajstić information content (AvgIpc) is 2.75. The van der Waals surface area contributed by atoms with E-state index in [9.17, 15) is 0 Å². The highest BCUT2D eigenvalue weighted by molar-refractivity contribution is 6.30. The second kappa shape index (κ2) is 8.64. The van der Waals surface area contributed by atoms with E-state index in [0.29, 0.717) is 6.61 Å². The molecule has 0 aromatic heterocycles. The summed E-state index contributed by atoms with van der Waals surface area (Å²) in [6.07, 6.45) is 0. The van der Waals surface area contributed by atoms with E-state index in [1.165, 1.54) is 5.56 Å². The smallest absolute Gasteiger partial charge is 0.131 e. The number of benzene rings is 4. The zero-order valence-corrected chi connectivity index (χ0v) is 16.0.